The van der Waals surface area contributed by atoms with Crippen molar-refractivity contribution in [3.8, 4) is 0 Å². The summed E-state index contributed by atoms with van der Waals surface area (Å²) < 4.78 is 7.29. The summed E-state index contributed by atoms with van der Waals surface area (Å²) in [6.07, 6.45) is 0. The van der Waals surface area contributed by atoms with E-state index in [0.29, 0.717) is 0 Å². The second-order valence-electron chi connectivity index (χ2n) is 2.95. The van der Waals surface area contributed by atoms with Gasteiger partial charge < -0.3 is 4.74 Å². The molecule has 64 valence electrons. The van der Waals surface area contributed by atoms with Gasteiger partial charge in [-0.3, -0.25) is 9.48 Å². The summed E-state index contributed by atoms with van der Waals surface area (Å²) >= 11 is 0. The number of likely N-dealkylation sites (N-methyl/N-ethyl adjacent to an activating group) is 1. The van der Waals surface area contributed by atoms with Crippen LogP contribution in [-0.4, -0.2) is 55.7 Å². The number of ether oxygens (including phenoxy) is 1. The maximum absolute atomic E-state index is 5.01. The van der Waals surface area contributed by atoms with Crippen LogP contribution in [0.3, 0.4) is 0 Å². The molecule has 0 aromatic heterocycles. The molecule has 1 rings (SSSR count). The minimum Gasteiger partial charge on any atom is -0.381 e. The average molecular weight is 157 g/mol. The summed E-state index contributed by atoms with van der Waals surface area (Å²) in [5.41, 5.74) is 0. The van der Waals surface area contributed by atoms with Crippen molar-refractivity contribution in [2.24, 2.45) is 0 Å². The van der Waals surface area contributed by atoms with Gasteiger partial charge in [-0.1, -0.05) is 0 Å². The highest BCUT2D eigenvalue weighted by atomic mass is 16.5. The highest BCUT2D eigenvalue weighted by Gasteiger charge is 2.22. The number of hydrogen-bond donors (Lipinski definition) is 0. The third kappa shape index (κ3) is 1.93. The van der Waals surface area contributed by atoms with Crippen LogP contribution >= 0.6 is 0 Å². The monoisotopic (exact) mass is 157 g/mol. The lowest BCUT2D eigenvalue weighted by atomic mass is 10.5. The van der Waals surface area contributed by atoms with Crippen LogP contribution in [0, 0.1) is 0 Å². The Labute approximate surface area is 68.3 Å². The van der Waals surface area contributed by atoms with Crippen LogP contribution in [0.4, 0.5) is 0 Å². The molecule has 3 nitrogen and oxygen atoms in total. The Hall–Kier alpha value is -0.570. The van der Waals surface area contributed by atoms with E-state index in [1.54, 1.807) is 7.11 Å². The van der Waals surface area contributed by atoms with Gasteiger partial charge in [0.25, 0.3) is 0 Å². The lowest BCUT2D eigenvalue weighted by molar-refractivity contribution is -0.487. The molecule has 3 heteroatoms. The maximum atomic E-state index is 5.01. The van der Waals surface area contributed by atoms with Crippen molar-refractivity contribution in [3.63, 3.8) is 0 Å². The molecule has 0 aromatic carbocycles. The number of amidine groups is 1. The second kappa shape index (κ2) is 3.72. The van der Waals surface area contributed by atoms with Gasteiger partial charge in [0.05, 0.1) is 13.7 Å². The molecule has 0 bridgehead atoms. The topological polar surface area (TPSA) is 15.5 Å². The van der Waals surface area contributed by atoms with Crippen LogP contribution in [0.2, 0.25) is 0 Å². The van der Waals surface area contributed by atoms with Gasteiger partial charge in [-0.15, -0.1) is 0 Å². The molecule has 0 saturated carbocycles. The first-order chi connectivity index (χ1) is 5.25. The van der Waals surface area contributed by atoms with Crippen LogP contribution in [-0.2, 0) is 4.74 Å². The van der Waals surface area contributed by atoms with Crippen molar-refractivity contribution >= 4 is 5.84 Å². The predicted molar refractivity (Wildman–Crippen MR) is 45.2 cm³/mol. The van der Waals surface area contributed by atoms with Crippen LogP contribution in [0.5, 0.6) is 0 Å². The van der Waals surface area contributed by atoms with Gasteiger partial charge in [0.15, 0.2) is 0 Å². The van der Waals surface area contributed by atoms with Gasteiger partial charge >= 0.3 is 0 Å². The molecule has 11 heavy (non-hydrogen) atoms. The molecule has 0 unspecified atom stereocenters. The summed E-state index contributed by atoms with van der Waals surface area (Å²) in [6.45, 7) is 6.29. The third-order valence-electron chi connectivity index (χ3n) is 2.28. The second-order valence-corrected chi connectivity index (χ2v) is 2.95. The molecule has 1 heterocycles. The van der Waals surface area contributed by atoms with E-state index in [9.17, 15) is 0 Å². The third-order valence-corrected chi connectivity index (χ3v) is 2.28. The predicted octanol–water partition coefficient (Wildman–Crippen LogP) is 0.00910. The van der Waals surface area contributed by atoms with E-state index in [1.165, 1.54) is 5.84 Å². The Kier molecular flexibility index (Phi) is 2.88. The fourth-order valence-corrected chi connectivity index (χ4v) is 1.31. The van der Waals surface area contributed by atoms with Gasteiger partial charge in [0, 0.05) is 14.0 Å². The molecule has 0 fully saturated rings. The van der Waals surface area contributed by atoms with Crippen molar-refractivity contribution in [3.05, 3.63) is 0 Å². The zero-order chi connectivity index (χ0) is 8.27. The summed E-state index contributed by atoms with van der Waals surface area (Å²) in [5.74, 6) is 1.36. The first-order valence-electron chi connectivity index (χ1n) is 4.04. The molecule has 1 aliphatic rings. The standard InChI is InChI=1S/C8H17N2O/c1-8-9(2)4-5-10(8)6-7-11-3/h4-7H2,1-3H3/q+1. The quantitative estimate of drug-likeness (QED) is 0.536. The van der Waals surface area contributed by atoms with Gasteiger partial charge in [-0.05, 0) is 0 Å². The number of hydrogen-bond acceptors (Lipinski definition) is 2. The van der Waals surface area contributed by atoms with Gasteiger partial charge in [-0.25, -0.2) is 0 Å². The number of rotatable bonds is 3. The van der Waals surface area contributed by atoms with E-state index in [0.717, 1.165) is 26.2 Å². The van der Waals surface area contributed by atoms with Crippen molar-refractivity contribution in [1.82, 2.24) is 4.90 Å². The van der Waals surface area contributed by atoms with Crippen LogP contribution in [0.1, 0.15) is 6.92 Å². The largest absolute Gasteiger partial charge is 0.381 e. The molecule has 0 aliphatic carbocycles. The van der Waals surface area contributed by atoms with Crippen LogP contribution in [0.15, 0.2) is 0 Å². The number of methoxy groups -OCH3 is 1. The summed E-state index contributed by atoms with van der Waals surface area (Å²) in [5, 5.41) is 0. The number of nitrogens with zero attached hydrogens (tertiary/aromatic N) is 2. The molecule has 0 N–H and O–H groups in total. The normalized spacial score (nSPS) is 18.3. The first-order valence-corrected chi connectivity index (χ1v) is 4.04. The van der Waals surface area contributed by atoms with Crippen molar-refractivity contribution in [2.45, 2.75) is 6.92 Å². The summed E-state index contributed by atoms with van der Waals surface area (Å²) in [7, 11) is 3.87. The van der Waals surface area contributed by atoms with E-state index in [-0.39, 0.29) is 0 Å². The van der Waals surface area contributed by atoms with Gasteiger partial charge in [0.2, 0.25) is 5.84 Å². The molecule has 0 saturated heterocycles. The lowest BCUT2D eigenvalue weighted by Gasteiger charge is -2.08. The van der Waals surface area contributed by atoms with E-state index < -0.39 is 0 Å². The molecule has 0 aromatic rings. The summed E-state index contributed by atoms with van der Waals surface area (Å²) in [4.78, 5) is 2.35. The zero-order valence-electron chi connectivity index (χ0n) is 7.63. The smallest absolute Gasteiger partial charge is 0.243 e. The highest BCUT2D eigenvalue weighted by Crippen LogP contribution is 1.98. The van der Waals surface area contributed by atoms with Crippen molar-refractivity contribution in [1.29, 1.82) is 0 Å². The fraction of sp³-hybridized carbons (Fsp3) is 0.875. The van der Waals surface area contributed by atoms with Crippen molar-refractivity contribution < 1.29 is 9.31 Å². The highest BCUT2D eigenvalue weighted by molar-refractivity contribution is 5.75. The average Bonchev–Trinajstić information content (AvgIpc) is 2.31. The Morgan fingerprint density at radius 3 is 2.82 bits per heavy atom. The van der Waals surface area contributed by atoms with Crippen LogP contribution in [0.25, 0.3) is 0 Å². The van der Waals surface area contributed by atoms with Gasteiger partial charge in [0.1, 0.15) is 19.6 Å². The first kappa shape index (κ1) is 8.53. The lowest BCUT2D eigenvalue weighted by Crippen LogP contribution is -2.29. The van der Waals surface area contributed by atoms with E-state index >= 15 is 0 Å². The van der Waals surface area contributed by atoms with E-state index in [2.05, 4.69) is 23.4 Å². The molecular formula is C8H17N2O+. The van der Waals surface area contributed by atoms with Gasteiger partial charge in [-0.2, -0.15) is 0 Å². The van der Waals surface area contributed by atoms with E-state index in [4.69, 9.17) is 4.74 Å². The minimum absolute atomic E-state index is 0.825. The zero-order valence-corrected chi connectivity index (χ0v) is 7.63. The summed E-state index contributed by atoms with van der Waals surface area (Å²) in [6, 6.07) is 0. The Bertz CT molecular complexity index is 165. The molecule has 0 radical (unpaired) electrons. The molecule has 0 amide bonds. The molecule has 0 atom stereocenters. The Balaban J connectivity index is 2.37. The Morgan fingerprint density at radius 2 is 2.36 bits per heavy atom. The maximum Gasteiger partial charge on any atom is 0.243 e. The Morgan fingerprint density at radius 1 is 1.64 bits per heavy atom. The molecule has 1 aliphatic heterocycles. The SMILES string of the molecule is COCCN1CC[N+](C)=C1C. The van der Waals surface area contributed by atoms with Crippen LogP contribution < -0.4 is 0 Å². The fourth-order valence-electron chi connectivity index (χ4n) is 1.31. The molecular weight excluding hydrogens is 140 g/mol. The van der Waals surface area contributed by atoms with Crippen molar-refractivity contribution in [2.75, 3.05) is 40.4 Å². The van der Waals surface area contributed by atoms with E-state index in [1.807, 2.05) is 0 Å². The minimum atomic E-state index is 0.825. The molecule has 0 spiro atoms.